The second-order valence-corrected chi connectivity index (χ2v) is 4.97. The van der Waals surface area contributed by atoms with Crippen LogP contribution in [0.1, 0.15) is 32.6 Å². The van der Waals surface area contributed by atoms with Gasteiger partial charge in [-0.1, -0.05) is 12.8 Å². The lowest BCUT2D eigenvalue weighted by atomic mass is 9.78. The number of rotatable bonds is 4. The van der Waals surface area contributed by atoms with Gasteiger partial charge in [0.25, 0.3) is 0 Å². The second-order valence-electron chi connectivity index (χ2n) is 4.97. The van der Waals surface area contributed by atoms with Crippen molar-refractivity contribution in [2.75, 3.05) is 13.6 Å². The quantitative estimate of drug-likeness (QED) is 0.838. The largest absolute Gasteiger partial charge is 0.392 e. The topological polar surface area (TPSA) is 41.1 Å². The Labute approximate surface area is 118 Å². The van der Waals surface area contributed by atoms with Crippen LogP contribution in [0.5, 0.6) is 0 Å². The van der Waals surface area contributed by atoms with Gasteiger partial charge in [-0.2, -0.15) is 13.2 Å². The van der Waals surface area contributed by atoms with Gasteiger partial charge in [0.15, 0.2) is 0 Å². The number of likely N-dealkylation sites (N-methyl/N-ethyl adjacent to an activating group) is 1. The molecule has 1 saturated carbocycles. The van der Waals surface area contributed by atoms with Crippen LogP contribution in [0.4, 0.5) is 13.2 Å². The van der Waals surface area contributed by atoms with Crippen LogP contribution in [0.25, 0.3) is 0 Å². The van der Waals surface area contributed by atoms with Crippen molar-refractivity contribution in [3.8, 4) is 0 Å². The normalized spacial score (nSPS) is 25.3. The van der Waals surface area contributed by atoms with E-state index in [2.05, 4.69) is 10.6 Å². The molecule has 0 saturated heterocycles. The molecule has 1 aliphatic carbocycles. The van der Waals surface area contributed by atoms with Crippen molar-refractivity contribution in [2.45, 2.75) is 44.8 Å². The molecule has 3 atom stereocenters. The van der Waals surface area contributed by atoms with Gasteiger partial charge < -0.3 is 10.6 Å². The maximum Gasteiger partial charge on any atom is 0.392 e. The predicted molar refractivity (Wildman–Crippen MR) is 70.3 cm³/mol. The number of hydrogen-bond donors (Lipinski definition) is 2. The first kappa shape index (κ1) is 18.5. The third-order valence-corrected chi connectivity index (χ3v) is 3.60. The van der Waals surface area contributed by atoms with E-state index in [1.165, 1.54) is 0 Å². The Morgan fingerprint density at radius 2 is 1.89 bits per heavy atom. The molecule has 0 bridgehead atoms. The van der Waals surface area contributed by atoms with Gasteiger partial charge >= 0.3 is 6.18 Å². The number of halogens is 4. The van der Waals surface area contributed by atoms with Crippen molar-refractivity contribution >= 4 is 18.3 Å². The number of carbonyl (C=O) groups is 1. The van der Waals surface area contributed by atoms with Crippen LogP contribution < -0.4 is 10.6 Å². The summed E-state index contributed by atoms with van der Waals surface area (Å²) in [4.78, 5) is 11.8. The number of nitrogens with one attached hydrogen (secondary N) is 2. The fourth-order valence-corrected chi connectivity index (χ4v) is 2.32. The molecule has 1 aliphatic rings. The molecule has 2 N–H and O–H groups in total. The summed E-state index contributed by atoms with van der Waals surface area (Å²) in [5.74, 6) is -2.85. The van der Waals surface area contributed by atoms with Gasteiger partial charge in [-0.25, -0.2) is 0 Å². The van der Waals surface area contributed by atoms with Gasteiger partial charge in [-0.15, -0.1) is 12.4 Å². The molecule has 1 fully saturated rings. The van der Waals surface area contributed by atoms with E-state index in [0.717, 1.165) is 0 Å². The summed E-state index contributed by atoms with van der Waals surface area (Å²) >= 11 is 0. The first-order chi connectivity index (χ1) is 8.36. The number of carbonyl (C=O) groups excluding carboxylic acids is 1. The summed E-state index contributed by atoms with van der Waals surface area (Å²) in [5, 5.41) is 5.53. The fraction of sp³-hybridized carbons (Fsp3) is 0.917. The first-order valence-electron chi connectivity index (χ1n) is 6.38. The summed E-state index contributed by atoms with van der Waals surface area (Å²) in [6.07, 6.45) is -2.60. The Hall–Kier alpha value is -0.490. The van der Waals surface area contributed by atoms with Crippen LogP contribution in [0.2, 0.25) is 0 Å². The van der Waals surface area contributed by atoms with Gasteiger partial charge in [0.05, 0.1) is 5.92 Å². The van der Waals surface area contributed by atoms with E-state index in [9.17, 15) is 18.0 Å². The van der Waals surface area contributed by atoms with Crippen LogP contribution in [0.3, 0.4) is 0 Å². The van der Waals surface area contributed by atoms with E-state index in [1.54, 1.807) is 7.05 Å². The van der Waals surface area contributed by atoms with Crippen LogP contribution >= 0.6 is 12.4 Å². The zero-order valence-electron chi connectivity index (χ0n) is 11.2. The van der Waals surface area contributed by atoms with E-state index < -0.39 is 23.9 Å². The summed E-state index contributed by atoms with van der Waals surface area (Å²) in [7, 11) is 1.75. The van der Waals surface area contributed by atoms with Gasteiger partial charge in [-0.3, -0.25) is 4.79 Å². The maximum atomic E-state index is 12.8. The van der Waals surface area contributed by atoms with Gasteiger partial charge in [-0.05, 0) is 26.8 Å². The molecule has 3 nitrogen and oxygen atoms in total. The highest BCUT2D eigenvalue weighted by molar-refractivity contribution is 5.85. The van der Waals surface area contributed by atoms with Gasteiger partial charge in [0.2, 0.25) is 5.91 Å². The monoisotopic (exact) mass is 302 g/mol. The van der Waals surface area contributed by atoms with Crippen molar-refractivity contribution in [1.82, 2.24) is 10.6 Å². The van der Waals surface area contributed by atoms with Crippen molar-refractivity contribution in [3.63, 3.8) is 0 Å². The average molecular weight is 303 g/mol. The molecule has 0 radical (unpaired) electrons. The van der Waals surface area contributed by atoms with E-state index in [0.29, 0.717) is 25.8 Å². The molecule has 0 aromatic heterocycles. The highest BCUT2D eigenvalue weighted by Crippen LogP contribution is 2.41. The third kappa shape index (κ3) is 5.57. The Morgan fingerprint density at radius 3 is 2.42 bits per heavy atom. The van der Waals surface area contributed by atoms with Crippen LogP contribution in [0.15, 0.2) is 0 Å². The molecule has 1 amide bonds. The lowest BCUT2D eigenvalue weighted by molar-refractivity contribution is -0.198. The molecule has 0 aromatic carbocycles. The lowest BCUT2D eigenvalue weighted by Crippen LogP contribution is -2.45. The second kappa shape index (κ2) is 7.94. The molecule has 0 spiro atoms. The summed E-state index contributed by atoms with van der Waals surface area (Å²) < 4.78 is 38.5. The van der Waals surface area contributed by atoms with Gasteiger partial charge in [0, 0.05) is 18.5 Å². The smallest absolute Gasteiger partial charge is 0.354 e. The molecule has 0 heterocycles. The molecular weight excluding hydrogens is 281 g/mol. The number of hydrogen-bond acceptors (Lipinski definition) is 2. The SMILES string of the molecule is CNC(C)CNC(=O)C1CCCCC1C(F)(F)F.Cl. The minimum Gasteiger partial charge on any atom is -0.354 e. The molecular formula is C12H22ClF3N2O. The van der Waals surface area contributed by atoms with Gasteiger partial charge in [0.1, 0.15) is 0 Å². The third-order valence-electron chi connectivity index (χ3n) is 3.60. The minimum atomic E-state index is -4.27. The standard InChI is InChI=1S/C12H21F3N2O.ClH/c1-8(16-2)7-17-11(18)9-5-3-4-6-10(9)12(13,14)15;/h8-10,16H,3-7H2,1-2H3,(H,17,18);1H. The highest BCUT2D eigenvalue weighted by atomic mass is 35.5. The van der Waals surface area contributed by atoms with Crippen LogP contribution in [0, 0.1) is 11.8 Å². The highest BCUT2D eigenvalue weighted by Gasteiger charge is 2.47. The zero-order valence-corrected chi connectivity index (χ0v) is 12.0. The molecule has 7 heteroatoms. The summed E-state index contributed by atoms with van der Waals surface area (Å²) in [6.45, 7) is 2.22. The molecule has 3 unspecified atom stereocenters. The fourth-order valence-electron chi connectivity index (χ4n) is 2.32. The Morgan fingerprint density at radius 1 is 1.32 bits per heavy atom. The van der Waals surface area contributed by atoms with Crippen molar-refractivity contribution < 1.29 is 18.0 Å². The first-order valence-corrected chi connectivity index (χ1v) is 6.38. The number of alkyl halides is 3. The summed E-state index contributed by atoms with van der Waals surface area (Å²) in [5.41, 5.74) is 0. The number of amides is 1. The molecule has 0 aromatic rings. The average Bonchev–Trinajstić information content (AvgIpc) is 2.34. The molecule has 1 rings (SSSR count). The maximum absolute atomic E-state index is 12.8. The predicted octanol–water partition coefficient (Wildman–Crippen LogP) is 2.50. The minimum absolute atomic E-state index is 0. The van der Waals surface area contributed by atoms with Crippen molar-refractivity contribution in [3.05, 3.63) is 0 Å². The van der Waals surface area contributed by atoms with Crippen LogP contribution in [-0.4, -0.2) is 31.7 Å². The zero-order chi connectivity index (χ0) is 13.8. The van der Waals surface area contributed by atoms with E-state index >= 15 is 0 Å². The molecule has 19 heavy (non-hydrogen) atoms. The van der Waals surface area contributed by atoms with E-state index in [4.69, 9.17) is 0 Å². The molecule has 0 aliphatic heterocycles. The summed E-state index contributed by atoms with van der Waals surface area (Å²) in [6, 6.07) is 0.0573. The van der Waals surface area contributed by atoms with Crippen LogP contribution in [-0.2, 0) is 4.79 Å². The van der Waals surface area contributed by atoms with Crippen molar-refractivity contribution in [2.24, 2.45) is 11.8 Å². The Kier molecular flexibility index (Phi) is 7.74. The lowest BCUT2D eigenvalue weighted by Gasteiger charge is -2.32. The Bertz CT molecular complexity index is 287. The van der Waals surface area contributed by atoms with E-state index in [-0.39, 0.29) is 24.9 Å². The van der Waals surface area contributed by atoms with Crippen molar-refractivity contribution in [1.29, 1.82) is 0 Å². The molecule has 114 valence electrons. The Balaban J connectivity index is 0.00000324. The van der Waals surface area contributed by atoms with E-state index in [1.807, 2.05) is 6.92 Å².